The number of rotatable bonds is 2. The van der Waals surface area contributed by atoms with Gasteiger partial charge in [0, 0.05) is 0 Å². The first-order valence-corrected chi connectivity index (χ1v) is 6.78. The zero-order valence-corrected chi connectivity index (χ0v) is 11.7. The first-order chi connectivity index (χ1) is 9.65. The molecule has 0 saturated heterocycles. The van der Waals surface area contributed by atoms with Crippen molar-refractivity contribution < 1.29 is 9.53 Å². The van der Waals surface area contributed by atoms with Gasteiger partial charge in [-0.05, 0) is 31.5 Å². The van der Waals surface area contributed by atoms with E-state index in [1.807, 2.05) is 24.3 Å². The van der Waals surface area contributed by atoms with E-state index in [2.05, 4.69) is 31.2 Å². The van der Waals surface area contributed by atoms with Gasteiger partial charge in [-0.25, -0.2) is 0 Å². The summed E-state index contributed by atoms with van der Waals surface area (Å²) in [7, 11) is 0. The second-order valence-corrected chi connectivity index (χ2v) is 5.14. The normalized spacial score (nSPS) is 17.6. The minimum absolute atomic E-state index is 0.00396. The Balaban J connectivity index is 1.95. The van der Waals surface area contributed by atoms with Gasteiger partial charge in [-0.1, -0.05) is 42.0 Å². The van der Waals surface area contributed by atoms with E-state index in [1.165, 1.54) is 5.56 Å². The molecule has 0 aliphatic carbocycles. The largest absolute Gasteiger partial charge is 0.479 e. The molecule has 1 unspecified atom stereocenters. The van der Waals surface area contributed by atoms with Crippen LogP contribution < -0.4 is 9.64 Å². The number of aryl methyl sites for hydroxylation is 1. The Morgan fingerprint density at radius 1 is 1.10 bits per heavy atom. The molecule has 1 aliphatic rings. The number of amides is 1. The summed E-state index contributed by atoms with van der Waals surface area (Å²) in [5.41, 5.74) is 3.18. The average molecular weight is 267 g/mol. The molecule has 0 aromatic heterocycles. The highest BCUT2D eigenvalue weighted by molar-refractivity contribution is 5.99. The van der Waals surface area contributed by atoms with E-state index in [1.54, 1.807) is 11.8 Å². The van der Waals surface area contributed by atoms with Crippen LogP contribution in [0.3, 0.4) is 0 Å². The lowest BCUT2D eigenvalue weighted by atomic mass is 10.1. The van der Waals surface area contributed by atoms with Gasteiger partial charge < -0.3 is 9.64 Å². The lowest BCUT2D eigenvalue weighted by molar-refractivity contribution is -0.125. The molecule has 0 fully saturated rings. The van der Waals surface area contributed by atoms with Crippen molar-refractivity contribution in [2.75, 3.05) is 4.90 Å². The van der Waals surface area contributed by atoms with Gasteiger partial charge in [0.25, 0.3) is 5.91 Å². The predicted octanol–water partition coefficient (Wildman–Crippen LogP) is 3.31. The molecule has 0 radical (unpaired) electrons. The molecule has 3 rings (SSSR count). The summed E-state index contributed by atoms with van der Waals surface area (Å²) in [6, 6.07) is 15.9. The minimum atomic E-state index is -0.435. The van der Waals surface area contributed by atoms with Gasteiger partial charge in [0.05, 0.1) is 12.2 Å². The number of hydrogen-bond acceptors (Lipinski definition) is 2. The number of ether oxygens (including phenoxy) is 1. The van der Waals surface area contributed by atoms with Crippen molar-refractivity contribution in [1.29, 1.82) is 0 Å². The molecule has 0 spiro atoms. The number of para-hydroxylation sites is 2. The maximum absolute atomic E-state index is 12.4. The fraction of sp³-hybridized carbons (Fsp3) is 0.235. The molecule has 0 bridgehead atoms. The molecular weight excluding hydrogens is 250 g/mol. The van der Waals surface area contributed by atoms with Gasteiger partial charge >= 0.3 is 0 Å². The first-order valence-electron chi connectivity index (χ1n) is 6.78. The summed E-state index contributed by atoms with van der Waals surface area (Å²) in [6.07, 6.45) is -0.435. The van der Waals surface area contributed by atoms with Crippen LogP contribution in [-0.2, 0) is 11.3 Å². The number of carbonyl (C=O) groups is 1. The lowest BCUT2D eigenvalue weighted by Crippen LogP contribution is -2.43. The Kier molecular flexibility index (Phi) is 3.18. The van der Waals surface area contributed by atoms with Crippen LogP contribution in [0.1, 0.15) is 18.1 Å². The molecule has 1 heterocycles. The van der Waals surface area contributed by atoms with Crippen molar-refractivity contribution in [1.82, 2.24) is 0 Å². The third-order valence-electron chi connectivity index (χ3n) is 3.53. The highest BCUT2D eigenvalue weighted by Gasteiger charge is 2.30. The number of anilines is 1. The second kappa shape index (κ2) is 5.00. The van der Waals surface area contributed by atoms with Crippen LogP contribution in [0, 0.1) is 6.92 Å². The molecule has 2 aromatic rings. The molecule has 0 saturated carbocycles. The maximum Gasteiger partial charge on any atom is 0.268 e. The predicted molar refractivity (Wildman–Crippen MR) is 78.9 cm³/mol. The molecule has 3 heteroatoms. The number of nitrogens with zero attached hydrogens (tertiary/aromatic N) is 1. The quantitative estimate of drug-likeness (QED) is 0.835. The van der Waals surface area contributed by atoms with E-state index in [-0.39, 0.29) is 5.91 Å². The second-order valence-electron chi connectivity index (χ2n) is 5.14. The summed E-state index contributed by atoms with van der Waals surface area (Å²) in [6.45, 7) is 4.42. The van der Waals surface area contributed by atoms with Gasteiger partial charge in [0.1, 0.15) is 5.75 Å². The Morgan fingerprint density at radius 2 is 1.80 bits per heavy atom. The van der Waals surface area contributed by atoms with Crippen LogP contribution in [0.25, 0.3) is 0 Å². The Labute approximate surface area is 118 Å². The van der Waals surface area contributed by atoms with Gasteiger partial charge in [-0.3, -0.25) is 4.79 Å². The van der Waals surface area contributed by atoms with E-state index in [0.717, 1.165) is 17.0 Å². The lowest BCUT2D eigenvalue weighted by Gasteiger charge is -2.33. The van der Waals surface area contributed by atoms with E-state index in [4.69, 9.17) is 4.74 Å². The zero-order valence-electron chi connectivity index (χ0n) is 11.7. The van der Waals surface area contributed by atoms with E-state index in [0.29, 0.717) is 6.54 Å². The zero-order chi connectivity index (χ0) is 14.1. The summed E-state index contributed by atoms with van der Waals surface area (Å²) in [5.74, 6) is 0.774. The van der Waals surface area contributed by atoms with Crippen LogP contribution in [0.5, 0.6) is 5.75 Å². The van der Waals surface area contributed by atoms with Crippen molar-refractivity contribution in [3.63, 3.8) is 0 Å². The van der Waals surface area contributed by atoms with E-state index >= 15 is 0 Å². The fourth-order valence-electron chi connectivity index (χ4n) is 2.40. The molecule has 2 aromatic carbocycles. The number of benzene rings is 2. The third-order valence-corrected chi connectivity index (χ3v) is 3.53. The maximum atomic E-state index is 12.4. The smallest absolute Gasteiger partial charge is 0.268 e. The van der Waals surface area contributed by atoms with E-state index < -0.39 is 6.10 Å². The number of hydrogen-bond donors (Lipinski definition) is 0. The summed E-state index contributed by atoms with van der Waals surface area (Å²) in [4.78, 5) is 14.2. The molecule has 20 heavy (non-hydrogen) atoms. The molecule has 3 nitrogen and oxygen atoms in total. The van der Waals surface area contributed by atoms with E-state index in [9.17, 15) is 4.79 Å². The van der Waals surface area contributed by atoms with Gasteiger partial charge in [0.15, 0.2) is 6.10 Å². The first kappa shape index (κ1) is 12.7. The monoisotopic (exact) mass is 267 g/mol. The summed E-state index contributed by atoms with van der Waals surface area (Å²) < 4.78 is 5.64. The van der Waals surface area contributed by atoms with Crippen LogP contribution >= 0.6 is 0 Å². The molecule has 1 amide bonds. The molecule has 1 atom stereocenters. The third kappa shape index (κ3) is 2.27. The average Bonchev–Trinajstić information content (AvgIpc) is 2.46. The van der Waals surface area contributed by atoms with Crippen molar-refractivity contribution in [2.24, 2.45) is 0 Å². The Hall–Kier alpha value is -2.29. The van der Waals surface area contributed by atoms with Gasteiger partial charge in [0.2, 0.25) is 0 Å². The van der Waals surface area contributed by atoms with Crippen molar-refractivity contribution in [3.8, 4) is 5.75 Å². The molecule has 1 aliphatic heterocycles. The summed E-state index contributed by atoms with van der Waals surface area (Å²) in [5, 5.41) is 0. The van der Waals surface area contributed by atoms with Crippen molar-refractivity contribution in [2.45, 2.75) is 26.5 Å². The van der Waals surface area contributed by atoms with Crippen LogP contribution in [0.15, 0.2) is 48.5 Å². The number of fused-ring (bicyclic) bond motifs is 1. The standard InChI is InChI=1S/C17H17NO2/c1-12-7-9-14(10-8-12)11-18-15-5-3-4-6-16(15)20-13(2)17(18)19/h3-10,13H,11H2,1-2H3. The fourth-order valence-corrected chi connectivity index (χ4v) is 2.40. The van der Waals surface area contributed by atoms with Crippen LogP contribution in [0.4, 0.5) is 5.69 Å². The SMILES string of the molecule is Cc1ccc(CN2C(=O)C(C)Oc3ccccc32)cc1. The Morgan fingerprint density at radius 3 is 2.55 bits per heavy atom. The van der Waals surface area contributed by atoms with Crippen molar-refractivity contribution >= 4 is 11.6 Å². The van der Waals surface area contributed by atoms with Gasteiger partial charge in [-0.15, -0.1) is 0 Å². The van der Waals surface area contributed by atoms with Crippen molar-refractivity contribution in [3.05, 3.63) is 59.7 Å². The van der Waals surface area contributed by atoms with Crippen LogP contribution in [0.2, 0.25) is 0 Å². The van der Waals surface area contributed by atoms with Gasteiger partial charge in [-0.2, -0.15) is 0 Å². The molecular formula is C17H17NO2. The molecule has 102 valence electrons. The minimum Gasteiger partial charge on any atom is -0.479 e. The Bertz CT molecular complexity index is 634. The highest BCUT2D eigenvalue weighted by Crippen LogP contribution is 2.34. The summed E-state index contributed by atoms with van der Waals surface area (Å²) >= 11 is 0. The topological polar surface area (TPSA) is 29.5 Å². The molecule has 0 N–H and O–H groups in total. The highest BCUT2D eigenvalue weighted by atomic mass is 16.5. The number of carbonyl (C=O) groups excluding carboxylic acids is 1. The van der Waals surface area contributed by atoms with Crippen LogP contribution in [-0.4, -0.2) is 12.0 Å².